The Hall–Kier alpha value is -1.05. The molecule has 0 aromatic carbocycles. The molecule has 0 unspecified atom stereocenters. The van der Waals surface area contributed by atoms with E-state index in [-0.39, 0.29) is 5.97 Å². The number of unbranched alkanes of at least 4 members (excludes halogenated alkanes) is 7. The van der Waals surface area contributed by atoms with Gasteiger partial charge < -0.3 is 4.74 Å². The van der Waals surface area contributed by atoms with Gasteiger partial charge in [-0.15, -0.1) is 6.58 Å². The third kappa shape index (κ3) is 6.30. The number of ether oxygens (including phenoxy) is 1. The highest BCUT2D eigenvalue weighted by atomic mass is 16.5. The van der Waals surface area contributed by atoms with Crippen molar-refractivity contribution >= 4 is 5.97 Å². The smallest absolute Gasteiger partial charge is 0.333 e. The number of allylic oxidation sites excluding steroid dienone is 2. The zero-order valence-electron chi connectivity index (χ0n) is 10.7. The highest BCUT2D eigenvalue weighted by molar-refractivity contribution is 5.90. The number of carbonyl (C=O) groups is 1. The summed E-state index contributed by atoms with van der Waals surface area (Å²) in [4.78, 5) is 11.1. The standard InChI is InChI=1S/C15H24O2/c1-2-3-4-5-6-7-8-9-10-11-14-12-13-17-15(14)16/h2,11H,1,3-10,12-13H2/b14-11+. The van der Waals surface area contributed by atoms with Crippen molar-refractivity contribution in [1.29, 1.82) is 0 Å². The summed E-state index contributed by atoms with van der Waals surface area (Å²) in [6.45, 7) is 4.30. The fourth-order valence-electron chi connectivity index (χ4n) is 2.05. The van der Waals surface area contributed by atoms with Crippen molar-refractivity contribution in [3.8, 4) is 0 Å². The lowest BCUT2D eigenvalue weighted by atomic mass is 10.1. The first-order valence-corrected chi connectivity index (χ1v) is 6.81. The summed E-state index contributed by atoms with van der Waals surface area (Å²) < 4.78 is 4.88. The average molecular weight is 236 g/mol. The molecule has 2 nitrogen and oxygen atoms in total. The number of rotatable bonds is 9. The summed E-state index contributed by atoms with van der Waals surface area (Å²) in [5, 5.41) is 0. The van der Waals surface area contributed by atoms with Crippen LogP contribution in [0.1, 0.15) is 57.8 Å². The van der Waals surface area contributed by atoms with E-state index >= 15 is 0 Å². The van der Waals surface area contributed by atoms with E-state index in [0.717, 1.165) is 24.8 Å². The molecule has 0 N–H and O–H groups in total. The molecule has 1 fully saturated rings. The SMILES string of the molecule is C=CCCCCCCCC/C=C1\CCOC1=O. The van der Waals surface area contributed by atoms with Crippen molar-refractivity contribution in [3.63, 3.8) is 0 Å². The minimum atomic E-state index is -0.102. The largest absolute Gasteiger partial charge is 0.462 e. The molecular weight excluding hydrogens is 212 g/mol. The molecule has 1 heterocycles. The van der Waals surface area contributed by atoms with E-state index < -0.39 is 0 Å². The van der Waals surface area contributed by atoms with E-state index in [0.29, 0.717) is 6.61 Å². The van der Waals surface area contributed by atoms with Crippen molar-refractivity contribution in [2.75, 3.05) is 6.61 Å². The van der Waals surface area contributed by atoms with E-state index in [1.54, 1.807) is 0 Å². The number of esters is 1. The van der Waals surface area contributed by atoms with Gasteiger partial charge in [0.05, 0.1) is 6.61 Å². The van der Waals surface area contributed by atoms with Gasteiger partial charge in [0.2, 0.25) is 0 Å². The molecular formula is C15H24O2. The molecule has 0 atom stereocenters. The van der Waals surface area contributed by atoms with Crippen molar-refractivity contribution in [2.24, 2.45) is 0 Å². The molecule has 0 spiro atoms. The number of hydrogen-bond acceptors (Lipinski definition) is 2. The molecule has 0 aromatic heterocycles. The Balaban J connectivity index is 1.90. The zero-order valence-corrected chi connectivity index (χ0v) is 10.7. The van der Waals surface area contributed by atoms with Crippen LogP contribution in [0.15, 0.2) is 24.3 Å². The van der Waals surface area contributed by atoms with E-state index in [1.165, 1.54) is 38.5 Å². The predicted molar refractivity (Wildman–Crippen MR) is 70.8 cm³/mol. The first-order chi connectivity index (χ1) is 8.34. The summed E-state index contributed by atoms with van der Waals surface area (Å²) >= 11 is 0. The van der Waals surface area contributed by atoms with Crippen molar-refractivity contribution in [1.82, 2.24) is 0 Å². The summed E-state index contributed by atoms with van der Waals surface area (Å²) in [5.41, 5.74) is 0.885. The van der Waals surface area contributed by atoms with Crippen LogP contribution in [0.3, 0.4) is 0 Å². The number of cyclic esters (lactones) is 1. The van der Waals surface area contributed by atoms with Gasteiger partial charge in [-0.05, 0) is 25.7 Å². The molecule has 17 heavy (non-hydrogen) atoms. The second kappa shape index (κ2) is 9.03. The van der Waals surface area contributed by atoms with E-state index in [1.807, 2.05) is 6.08 Å². The Morgan fingerprint density at radius 3 is 2.29 bits per heavy atom. The Morgan fingerprint density at radius 1 is 1.06 bits per heavy atom. The lowest BCUT2D eigenvalue weighted by Crippen LogP contribution is -1.94. The van der Waals surface area contributed by atoms with Gasteiger partial charge in [-0.1, -0.05) is 37.8 Å². The van der Waals surface area contributed by atoms with Crippen LogP contribution in [0, 0.1) is 0 Å². The zero-order chi connectivity index (χ0) is 12.3. The molecule has 0 aromatic rings. The van der Waals surface area contributed by atoms with Crippen molar-refractivity contribution in [2.45, 2.75) is 57.8 Å². The molecule has 96 valence electrons. The fraction of sp³-hybridized carbons (Fsp3) is 0.667. The molecule has 0 bridgehead atoms. The summed E-state index contributed by atoms with van der Waals surface area (Å²) in [7, 11) is 0. The molecule has 1 rings (SSSR count). The molecule has 0 amide bonds. The lowest BCUT2D eigenvalue weighted by Gasteiger charge is -1.99. The molecule has 1 aliphatic rings. The Kier molecular flexibility index (Phi) is 7.44. The summed E-state index contributed by atoms with van der Waals surface area (Å²) in [5.74, 6) is -0.102. The van der Waals surface area contributed by atoms with Crippen molar-refractivity contribution < 1.29 is 9.53 Å². The van der Waals surface area contributed by atoms with Gasteiger partial charge in [0.25, 0.3) is 0 Å². The van der Waals surface area contributed by atoms with Gasteiger partial charge in [0.1, 0.15) is 0 Å². The molecule has 2 heteroatoms. The maximum absolute atomic E-state index is 11.1. The van der Waals surface area contributed by atoms with Crippen LogP contribution in [-0.4, -0.2) is 12.6 Å². The predicted octanol–water partition coefficient (Wildman–Crippen LogP) is 4.17. The molecule has 1 aliphatic heterocycles. The maximum atomic E-state index is 11.1. The molecule has 0 aliphatic carbocycles. The lowest BCUT2D eigenvalue weighted by molar-refractivity contribution is -0.135. The van der Waals surface area contributed by atoms with Crippen LogP contribution in [0.5, 0.6) is 0 Å². The summed E-state index contributed by atoms with van der Waals surface area (Å²) in [6.07, 6.45) is 14.7. The van der Waals surface area contributed by atoms with Gasteiger partial charge in [-0.3, -0.25) is 0 Å². The number of hydrogen-bond donors (Lipinski definition) is 0. The van der Waals surface area contributed by atoms with Crippen LogP contribution in [-0.2, 0) is 9.53 Å². The fourth-order valence-corrected chi connectivity index (χ4v) is 2.05. The first kappa shape index (κ1) is 14.0. The maximum Gasteiger partial charge on any atom is 0.333 e. The van der Waals surface area contributed by atoms with E-state index in [4.69, 9.17) is 4.74 Å². The summed E-state index contributed by atoms with van der Waals surface area (Å²) in [6, 6.07) is 0. The monoisotopic (exact) mass is 236 g/mol. The molecule has 1 saturated heterocycles. The minimum Gasteiger partial charge on any atom is -0.462 e. The third-order valence-electron chi connectivity index (χ3n) is 3.12. The highest BCUT2D eigenvalue weighted by Gasteiger charge is 2.17. The third-order valence-corrected chi connectivity index (χ3v) is 3.12. The normalized spacial score (nSPS) is 17.4. The average Bonchev–Trinajstić information content (AvgIpc) is 2.73. The van der Waals surface area contributed by atoms with E-state index in [2.05, 4.69) is 12.7 Å². The second-order valence-electron chi connectivity index (χ2n) is 4.60. The van der Waals surface area contributed by atoms with Crippen molar-refractivity contribution in [3.05, 3.63) is 24.3 Å². The topological polar surface area (TPSA) is 26.3 Å². The van der Waals surface area contributed by atoms with Crippen LogP contribution in [0.4, 0.5) is 0 Å². The quantitative estimate of drug-likeness (QED) is 0.260. The van der Waals surface area contributed by atoms with Gasteiger partial charge in [-0.25, -0.2) is 4.79 Å². The molecule has 0 radical (unpaired) electrons. The van der Waals surface area contributed by atoms with Gasteiger partial charge >= 0.3 is 5.97 Å². The van der Waals surface area contributed by atoms with Gasteiger partial charge in [0.15, 0.2) is 0 Å². The Morgan fingerprint density at radius 2 is 1.71 bits per heavy atom. The first-order valence-electron chi connectivity index (χ1n) is 6.81. The highest BCUT2D eigenvalue weighted by Crippen LogP contribution is 2.15. The van der Waals surface area contributed by atoms with Crippen LogP contribution < -0.4 is 0 Å². The van der Waals surface area contributed by atoms with Crippen LogP contribution in [0.2, 0.25) is 0 Å². The van der Waals surface area contributed by atoms with Crippen LogP contribution in [0.25, 0.3) is 0 Å². The minimum absolute atomic E-state index is 0.102. The Bertz CT molecular complexity index is 266. The van der Waals surface area contributed by atoms with Gasteiger partial charge in [-0.2, -0.15) is 0 Å². The Labute approximate surface area is 105 Å². The second-order valence-corrected chi connectivity index (χ2v) is 4.60. The molecule has 0 saturated carbocycles. The van der Waals surface area contributed by atoms with Crippen LogP contribution >= 0.6 is 0 Å². The number of carbonyl (C=O) groups excluding carboxylic acids is 1. The van der Waals surface area contributed by atoms with Gasteiger partial charge in [0, 0.05) is 12.0 Å². The van der Waals surface area contributed by atoms with E-state index in [9.17, 15) is 4.79 Å².